The molecule has 0 heterocycles. The summed E-state index contributed by atoms with van der Waals surface area (Å²) >= 11 is 0. The predicted molar refractivity (Wildman–Crippen MR) is 91.4 cm³/mol. The fourth-order valence-electron chi connectivity index (χ4n) is 1.97. The summed E-state index contributed by atoms with van der Waals surface area (Å²) in [5.41, 5.74) is 0. The number of carbonyl (C=O) groups is 3. The van der Waals surface area contributed by atoms with Gasteiger partial charge in [0.2, 0.25) is 5.91 Å². The molecule has 7 nitrogen and oxygen atoms in total. The second kappa shape index (κ2) is 11.7. The van der Waals surface area contributed by atoms with Crippen LogP contribution >= 0.6 is 0 Å². The first kappa shape index (κ1) is 22.2. The summed E-state index contributed by atoms with van der Waals surface area (Å²) in [5.74, 6) is -0.487. The zero-order valence-corrected chi connectivity index (χ0v) is 15.7. The van der Waals surface area contributed by atoms with Gasteiger partial charge in [-0.05, 0) is 31.6 Å². The molecule has 0 spiro atoms. The second-order valence-electron chi connectivity index (χ2n) is 6.54. The second-order valence-corrected chi connectivity index (χ2v) is 6.54. The molecule has 0 aliphatic heterocycles. The van der Waals surface area contributed by atoms with Crippen LogP contribution in [-0.2, 0) is 19.1 Å². The Hall–Kier alpha value is -1.79. The van der Waals surface area contributed by atoms with Crippen molar-refractivity contribution in [3.63, 3.8) is 0 Å². The highest BCUT2D eigenvalue weighted by atomic mass is 16.5. The Balaban J connectivity index is 4.80. The molecule has 0 rings (SSSR count). The molecule has 0 bridgehead atoms. The lowest BCUT2D eigenvalue weighted by Gasteiger charge is -2.23. The Bertz CT molecular complexity index is 410. The molecule has 0 aromatic heterocycles. The number of hydrogen-bond donors (Lipinski definition) is 2. The predicted octanol–water partition coefficient (Wildman–Crippen LogP) is 2.24. The molecule has 0 aromatic carbocycles. The van der Waals surface area contributed by atoms with Gasteiger partial charge in [0.1, 0.15) is 12.1 Å². The third-order valence-corrected chi connectivity index (χ3v) is 3.16. The van der Waals surface area contributed by atoms with E-state index < -0.39 is 30.1 Å². The van der Waals surface area contributed by atoms with Crippen LogP contribution in [0, 0.1) is 11.8 Å². The summed E-state index contributed by atoms with van der Waals surface area (Å²) in [7, 11) is 0. The first-order valence-corrected chi connectivity index (χ1v) is 8.61. The fourth-order valence-corrected chi connectivity index (χ4v) is 1.97. The van der Waals surface area contributed by atoms with Gasteiger partial charge in [0.25, 0.3) is 0 Å². The molecule has 0 aliphatic carbocycles. The number of amides is 2. The van der Waals surface area contributed by atoms with Crippen LogP contribution in [0.4, 0.5) is 4.79 Å². The molecule has 0 aromatic rings. The molecule has 0 aliphatic rings. The molecule has 7 heteroatoms. The van der Waals surface area contributed by atoms with Crippen LogP contribution in [0.25, 0.3) is 0 Å². The molecule has 2 atom stereocenters. The van der Waals surface area contributed by atoms with Crippen molar-refractivity contribution in [2.24, 2.45) is 11.8 Å². The maximum absolute atomic E-state index is 12.4. The number of carbonyl (C=O) groups excluding carboxylic acids is 3. The van der Waals surface area contributed by atoms with Gasteiger partial charge >= 0.3 is 12.1 Å². The van der Waals surface area contributed by atoms with E-state index in [0.29, 0.717) is 12.8 Å². The quantitative estimate of drug-likeness (QED) is 0.593. The van der Waals surface area contributed by atoms with Crippen molar-refractivity contribution in [1.29, 1.82) is 0 Å². The van der Waals surface area contributed by atoms with E-state index in [1.165, 1.54) is 0 Å². The molecule has 0 radical (unpaired) electrons. The van der Waals surface area contributed by atoms with E-state index in [4.69, 9.17) is 9.47 Å². The van der Waals surface area contributed by atoms with Gasteiger partial charge in [-0.1, -0.05) is 34.6 Å². The molecular weight excluding hydrogens is 312 g/mol. The van der Waals surface area contributed by atoms with Crippen LogP contribution in [0.5, 0.6) is 0 Å². The Labute approximate surface area is 144 Å². The van der Waals surface area contributed by atoms with Crippen LogP contribution in [0.1, 0.15) is 54.4 Å². The summed E-state index contributed by atoms with van der Waals surface area (Å²) < 4.78 is 10.00. The SMILES string of the molecule is CCOC(=O)[C@H](CC)NC(=O)[C@H](CC(C)C)NC(=O)OCC(C)C. The summed E-state index contributed by atoms with van der Waals surface area (Å²) in [6.07, 6.45) is 0.229. The van der Waals surface area contributed by atoms with Gasteiger partial charge < -0.3 is 20.1 Å². The van der Waals surface area contributed by atoms with Gasteiger partial charge in [-0.2, -0.15) is 0 Å². The standard InChI is InChI=1S/C17H32N2O5/c1-7-13(16(21)23-8-2)18-15(20)14(9-11(3)4)19-17(22)24-10-12(5)6/h11-14H,7-10H2,1-6H3,(H,18,20)(H,19,22)/t13-,14-/m0/s1. The molecular formula is C17H32N2O5. The molecule has 24 heavy (non-hydrogen) atoms. The van der Waals surface area contributed by atoms with Gasteiger partial charge in [-0.3, -0.25) is 4.79 Å². The normalized spacial score (nSPS) is 13.3. The van der Waals surface area contributed by atoms with E-state index in [1.807, 2.05) is 27.7 Å². The lowest BCUT2D eigenvalue weighted by atomic mass is 10.0. The Morgan fingerprint density at radius 1 is 0.875 bits per heavy atom. The van der Waals surface area contributed by atoms with Crippen LogP contribution < -0.4 is 10.6 Å². The average molecular weight is 344 g/mol. The van der Waals surface area contributed by atoms with Crippen molar-refractivity contribution in [1.82, 2.24) is 10.6 Å². The van der Waals surface area contributed by atoms with E-state index in [0.717, 1.165) is 0 Å². The minimum Gasteiger partial charge on any atom is -0.464 e. The highest BCUT2D eigenvalue weighted by molar-refractivity contribution is 5.89. The zero-order chi connectivity index (χ0) is 18.7. The lowest BCUT2D eigenvalue weighted by Crippen LogP contribution is -2.52. The minimum absolute atomic E-state index is 0.189. The van der Waals surface area contributed by atoms with E-state index in [2.05, 4.69) is 10.6 Å². The Morgan fingerprint density at radius 3 is 1.96 bits per heavy atom. The molecule has 0 saturated carbocycles. The summed E-state index contributed by atoms with van der Waals surface area (Å²) in [6.45, 7) is 11.8. The topological polar surface area (TPSA) is 93.7 Å². The summed E-state index contributed by atoms with van der Waals surface area (Å²) in [5, 5.41) is 5.22. The summed E-state index contributed by atoms with van der Waals surface area (Å²) in [4.78, 5) is 36.1. The number of ether oxygens (including phenoxy) is 2. The van der Waals surface area contributed by atoms with Crippen LogP contribution in [0.3, 0.4) is 0 Å². The molecule has 140 valence electrons. The van der Waals surface area contributed by atoms with E-state index in [9.17, 15) is 14.4 Å². The lowest BCUT2D eigenvalue weighted by molar-refractivity contribution is -0.147. The van der Waals surface area contributed by atoms with Crippen molar-refractivity contribution in [2.45, 2.75) is 66.5 Å². The van der Waals surface area contributed by atoms with Crippen molar-refractivity contribution in [3.05, 3.63) is 0 Å². The van der Waals surface area contributed by atoms with Gasteiger partial charge in [0, 0.05) is 0 Å². The first-order valence-electron chi connectivity index (χ1n) is 8.61. The Morgan fingerprint density at radius 2 is 1.50 bits per heavy atom. The first-order chi connectivity index (χ1) is 11.2. The number of nitrogens with one attached hydrogen (secondary N) is 2. The Kier molecular flexibility index (Phi) is 10.8. The van der Waals surface area contributed by atoms with E-state index in [1.54, 1.807) is 13.8 Å². The molecule has 0 saturated heterocycles. The zero-order valence-electron chi connectivity index (χ0n) is 15.7. The largest absolute Gasteiger partial charge is 0.464 e. The number of alkyl carbamates (subject to hydrolysis) is 1. The van der Waals surface area contributed by atoms with Crippen LogP contribution in [0.15, 0.2) is 0 Å². The molecule has 2 N–H and O–H groups in total. The average Bonchev–Trinajstić information content (AvgIpc) is 2.49. The smallest absolute Gasteiger partial charge is 0.407 e. The van der Waals surface area contributed by atoms with Gasteiger partial charge in [0.05, 0.1) is 13.2 Å². The molecule has 0 unspecified atom stereocenters. The van der Waals surface area contributed by atoms with E-state index in [-0.39, 0.29) is 25.0 Å². The monoisotopic (exact) mass is 344 g/mol. The number of esters is 1. The number of hydrogen-bond acceptors (Lipinski definition) is 5. The maximum Gasteiger partial charge on any atom is 0.407 e. The van der Waals surface area contributed by atoms with Gasteiger partial charge in [-0.25, -0.2) is 9.59 Å². The minimum atomic E-state index is -0.756. The van der Waals surface area contributed by atoms with E-state index >= 15 is 0 Å². The van der Waals surface area contributed by atoms with Crippen molar-refractivity contribution < 1.29 is 23.9 Å². The highest BCUT2D eigenvalue weighted by Gasteiger charge is 2.27. The van der Waals surface area contributed by atoms with Crippen LogP contribution in [0.2, 0.25) is 0 Å². The van der Waals surface area contributed by atoms with Crippen molar-refractivity contribution in [3.8, 4) is 0 Å². The number of rotatable bonds is 10. The van der Waals surface area contributed by atoms with Gasteiger partial charge in [0.15, 0.2) is 0 Å². The fraction of sp³-hybridized carbons (Fsp3) is 0.824. The molecule has 0 fully saturated rings. The third-order valence-electron chi connectivity index (χ3n) is 3.16. The summed E-state index contributed by atoms with van der Waals surface area (Å²) in [6, 6.07) is -1.48. The van der Waals surface area contributed by atoms with Gasteiger partial charge in [-0.15, -0.1) is 0 Å². The third kappa shape index (κ3) is 9.37. The van der Waals surface area contributed by atoms with Crippen LogP contribution in [-0.4, -0.2) is 43.3 Å². The molecule has 2 amide bonds. The highest BCUT2D eigenvalue weighted by Crippen LogP contribution is 2.07. The van der Waals surface area contributed by atoms with Crippen molar-refractivity contribution >= 4 is 18.0 Å². The van der Waals surface area contributed by atoms with Crippen molar-refractivity contribution in [2.75, 3.05) is 13.2 Å². The maximum atomic E-state index is 12.4.